The van der Waals surface area contributed by atoms with E-state index in [1.165, 1.54) is 26.2 Å². The molecule has 130 valence electrons. The van der Waals surface area contributed by atoms with Crippen LogP contribution in [0.5, 0.6) is 0 Å². The van der Waals surface area contributed by atoms with Crippen molar-refractivity contribution in [2.45, 2.75) is 23.6 Å². The number of hydrogen-bond acceptors (Lipinski definition) is 4. The van der Waals surface area contributed by atoms with Crippen molar-refractivity contribution in [3.05, 3.63) is 47.5 Å². The lowest BCUT2D eigenvalue weighted by molar-refractivity contribution is 0.585. The van der Waals surface area contributed by atoms with Crippen LogP contribution in [-0.4, -0.2) is 30.9 Å². The van der Waals surface area contributed by atoms with E-state index in [1.807, 2.05) is 13.8 Å². The van der Waals surface area contributed by atoms with Gasteiger partial charge in [-0.1, -0.05) is 35.4 Å². The molecule has 2 N–H and O–H groups in total. The highest BCUT2D eigenvalue weighted by molar-refractivity contribution is 7.90. The van der Waals surface area contributed by atoms with Gasteiger partial charge >= 0.3 is 0 Å². The molecule has 0 heterocycles. The van der Waals surface area contributed by atoms with Gasteiger partial charge in [0.25, 0.3) is 0 Å². The quantitative estimate of drug-likeness (QED) is 0.841. The second-order valence-corrected chi connectivity index (χ2v) is 9.12. The molecule has 0 radical (unpaired) electrons. The summed E-state index contributed by atoms with van der Waals surface area (Å²) >= 11 is 0. The van der Waals surface area contributed by atoms with Gasteiger partial charge in [0.05, 0.1) is 9.79 Å². The lowest BCUT2D eigenvalue weighted by Crippen LogP contribution is -2.21. The van der Waals surface area contributed by atoms with E-state index in [-0.39, 0.29) is 9.79 Å². The van der Waals surface area contributed by atoms with Crippen LogP contribution in [0.4, 0.5) is 0 Å². The highest BCUT2D eigenvalue weighted by atomic mass is 32.2. The molecular formula is C16H20N2O4S2. The third kappa shape index (κ3) is 3.51. The Labute approximate surface area is 143 Å². The molecule has 24 heavy (non-hydrogen) atoms. The summed E-state index contributed by atoms with van der Waals surface area (Å²) in [5, 5.41) is 0. The number of benzene rings is 2. The molecule has 0 amide bonds. The van der Waals surface area contributed by atoms with Crippen molar-refractivity contribution in [3.8, 4) is 11.1 Å². The summed E-state index contributed by atoms with van der Waals surface area (Å²) in [6.45, 7) is 3.64. The topological polar surface area (TPSA) is 92.3 Å². The summed E-state index contributed by atoms with van der Waals surface area (Å²) in [5.74, 6) is 0. The van der Waals surface area contributed by atoms with Crippen LogP contribution in [0.1, 0.15) is 11.1 Å². The Bertz CT molecular complexity index is 900. The Hall–Kier alpha value is -1.74. The first kappa shape index (κ1) is 18.6. The minimum absolute atomic E-state index is 0.0359. The van der Waals surface area contributed by atoms with E-state index in [9.17, 15) is 16.8 Å². The minimum atomic E-state index is -3.74. The second kappa shape index (κ2) is 6.64. The fourth-order valence-corrected chi connectivity index (χ4v) is 4.25. The molecule has 8 heteroatoms. The van der Waals surface area contributed by atoms with E-state index >= 15 is 0 Å². The van der Waals surface area contributed by atoms with Crippen LogP contribution < -0.4 is 9.44 Å². The van der Waals surface area contributed by atoms with Crippen LogP contribution in [-0.2, 0) is 20.0 Å². The predicted octanol–water partition coefficient (Wildman–Crippen LogP) is 1.79. The smallest absolute Gasteiger partial charge is 0.214 e. The Morgan fingerprint density at radius 3 is 1.29 bits per heavy atom. The van der Waals surface area contributed by atoms with Crippen molar-refractivity contribution < 1.29 is 16.8 Å². The molecule has 0 bridgehead atoms. The lowest BCUT2D eigenvalue weighted by atomic mass is 10.0. The molecule has 0 atom stereocenters. The summed E-state index contributed by atoms with van der Waals surface area (Å²) in [5.41, 5.74) is 2.35. The van der Waals surface area contributed by atoms with E-state index in [0.29, 0.717) is 11.1 Å². The Balaban J connectivity index is 2.93. The van der Waals surface area contributed by atoms with Gasteiger partial charge in [0.1, 0.15) is 0 Å². The van der Waals surface area contributed by atoms with E-state index < -0.39 is 20.0 Å². The summed E-state index contributed by atoms with van der Waals surface area (Å²) < 4.78 is 53.9. The van der Waals surface area contributed by atoms with Gasteiger partial charge < -0.3 is 0 Å². The van der Waals surface area contributed by atoms with Gasteiger partial charge in [-0.15, -0.1) is 0 Å². The van der Waals surface area contributed by atoms with Crippen molar-refractivity contribution in [1.82, 2.24) is 9.44 Å². The fourth-order valence-electron chi connectivity index (χ4n) is 2.40. The summed E-state index contributed by atoms with van der Waals surface area (Å²) in [6.07, 6.45) is 0. The van der Waals surface area contributed by atoms with Gasteiger partial charge in [-0.3, -0.25) is 0 Å². The van der Waals surface area contributed by atoms with E-state index in [4.69, 9.17) is 0 Å². The maximum Gasteiger partial charge on any atom is 0.240 e. The molecule has 2 aromatic rings. The molecule has 0 unspecified atom stereocenters. The maximum absolute atomic E-state index is 12.3. The van der Waals surface area contributed by atoms with Crippen LogP contribution >= 0.6 is 0 Å². The third-order valence-corrected chi connectivity index (χ3v) is 6.62. The van der Waals surface area contributed by atoms with Crippen molar-refractivity contribution in [3.63, 3.8) is 0 Å². The first-order valence-electron chi connectivity index (χ1n) is 7.21. The summed E-state index contributed by atoms with van der Waals surface area (Å²) in [6, 6.07) is 9.66. The van der Waals surface area contributed by atoms with E-state index in [0.717, 1.165) is 11.1 Å². The van der Waals surface area contributed by atoms with Crippen LogP contribution in [0, 0.1) is 13.8 Å². The molecule has 6 nitrogen and oxygen atoms in total. The molecule has 0 aromatic heterocycles. The standard InChI is InChI=1S/C16H20N2O4S2/c1-11-5-7-15(23(19,20)17-3)13(9-11)14-10-12(2)6-8-16(14)24(21,22)18-4/h5-10,17-18H,1-4H3. The Morgan fingerprint density at radius 1 is 0.667 bits per heavy atom. The maximum atomic E-state index is 12.3. The van der Waals surface area contributed by atoms with Crippen molar-refractivity contribution >= 4 is 20.0 Å². The molecular weight excluding hydrogens is 348 g/mol. The molecule has 2 aromatic carbocycles. The number of aryl methyl sites for hydroxylation is 2. The van der Waals surface area contributed by atoms with Gasteiger partial charge in [0.2, 0.25) is 20.0 Å². The highest BCUT2D eigenvalue weighted by Crippen LogP contribution is 2.33. The normalized spacial score (nSPS) is 12.3. The average molecular weight is 368 g/mol. The zero-order chi connectivity index (χ0) is 18.1. The molecule has 2 rings (SSSR count). The predicted molar refractivity (Wildman–Crippen MR) is 93.8 cm³/mol. The van der Waals surface area contributed by atoms with Gasteiger partial charge in [0.15, 0.2) is 0 Å². The molecule has 0 spiro atoms. The zero-order valence-electron chi connectivity index (χ0n) is 13.9. The van der Waals surface area contributed by atoms with Crippen LogP contribution in [0.2, 0.25) is 0 Å². The number of nitrogens with one attached hydrogen (secondary N) is 2. The monoisotopic (exact) mass is 368 g/mol. The molecule has 0 aliphatic heterocycles. The molecule has 0 saturated heterocycles. The summed E-state index contributed by atoms with van der Waals surface area (Å²) in [7, 11) is -4.84. The number of sulfonamides is 2. The third-order valence-electron chi connectivity index (χ3n) is 3.68. The van der Waals surface area contributed by atoms with Gasteiger partial charge in [0, 0.05) is 11.1 Å². The Morgan fingerprint density at radius 2 is 1.00 bits per heavy atom. The second-order valence-electron chi connectivity index (χ2n) is 5.41. The van der Waals surface area contributed by atoms with Gasteiger partial charge in [-0.2, -0.15) is 0 Å². The highest BCUT2D eigenvalue weighted by Gasteiger charge is 2.23. The number of hydrogen-bond donors (Lipinski definition) is 2. The van der Waals surface area contributed by atoms with Crippen LogP contribution in [0.3, 0.4) is 0 Å². The van der Waals surface area contributed by atoms with Gasteiger partial charge in [-0.25, -0.2) is 26.3 Å². The SMILES string of the molecule is CNS(=O)(=O)c1ccc(C)cc1-c1cc(C)ccc1S(=O)(=O)NC. The lowest BCUT2D eigenvalue weighted by Gasteiger charge is -2.15. The average Bonchev–Trinajstić information content (AvgIpc) is 2.54. The molecule has 0 aliphatic rings. The summed E-state index contributed by atoms with van der Waals surface area (Å²) in [4.78, 5) is 0.0718. The molecule has 0 aliphatic carbocycles. The van der Waals surface area contributed by atoms with Gasteiger partial charge in [-0.05, 0) is 40.1 Å². The van der Waals surface area contributed by atoms with E-state index in [1.54, 1.807) is 24.3 Å². The number of rotatable bonds is 5. The van der Waals surface area contributed by atoms with Crippen molar-refractivity contribution in [2.24, 2.45) is 0 Å². The van der Waals surface area contributed by atoms with Crippen molar-refractivity contribution in [1.29, 1.82) is 0 Å². The largest absolute Gasteiger partial charge is 0.240 e. The zero-order valence-corrected chi connectivity index (χ0v) is 15.5. The van der Waals surface area contributed by atoms with E-state index in [2.05, 4.69) is 9.44 Å². The Kier molecular flexibility index (Phi) is 5.14. The fraction of sp³-hybridized carbons (Fsp3) is 0.250. The molecule has 0 saturated carbocycles. The van der Waals surface area contributed by atoms with Crippen LogP contribution in [0.25, 0.3) is 11.1 Å². The first-order valence-corrected chi connectivity index (χ1v) is 10.2. The molecule has 0 fully saturated rings. The minimum Gasteiger partial charge on any atom is -0.214 e. The first-order chi connectivity index (χ1) is 11.1. The van der Waals surface area contributed by atoms with Crippen LogP contribution in [0.15, 0.2) is 46.2 Å². The van der Waals surface area contributed by atoms with Crippen molar-refractivity contribution in [2.75, 3.05) is 14.1 Å².